The second-order valence-corrected chi connectivity index (χ2v) is 2.76. The van der Waals surface area contributed by atoms with Crippen LogP contribution < -0.4 is 0 Å². The molecule has 2 nitrogen and oxygen atoms in total. The minimum absolute atomic E-state index is 0.0917. The Hall–Kier alpha value is -1.08. The molecule has 0 saturated heterocycles. The van der Waals surface area contributed by atoms with Crippen molar-refractivity contribution in [3.8, 4) is 11.8 Å². The molecule has 0 aliphatic carbocycles. The van der Waals surface area contributed by atoms with Gasteiger partial charge in [-0.05, 0) is 22.0 Å². The first-order valence-corrected chi connectivity index (χ1v) is 3.52. The van der Waals surface area contributed by atoms with Crippen LogP contribution in [0.1, 0.15) is 5.56 Å². The second kappa shape index (κ2) is 2.89. The van der Waals surface area contributed by atoms with Gasteiger partial charge in [0.05, 0.1) is 16.1 Å². The molecule has 0 bridgehead atoms. The van der Waals surface area contributed by atoms with Crippen LogP contribution in [0.25, 0.3) is 0 Å². The van der Waals surface area contributed by atoms with Gasteiger partial charge in [0.15, 0.2) is 11.6 Å². The average molecular weight is 216 g/mol. The van der Waals surface area contributed by atoms with Gasteiger partial charge >= 0.3 is 0 Å². The van der Waals surface area contributed by atoms with Crippen LogP contribution in [0.3, 0.4) is 0 Å². The third-order valence-electron chi connectivity index (χ3n) is 1.14. The molecule has 0 aliphatic rings. The maximum Gasteiger partial charge on any atom is 0.179 e. The van der Waals surface area contributed by atoms with Crippen molar-refractivity contribution in [3.05, 3.63) is 28.0 Å². The van der Waals surface area contributed by atoms with Crippen molar-refractivity contribution in [1.82, 2.24) is 0 Å². The minimum Gasteiger partial charge on any atom is -0.505 e. The number of hydrogen-bond donors (Lipinski definition) is 1. The van der Waals surface area contributed by atoms with Crippen LogP contribution in [0.15, 0.2) is 16.6 Å². The molecule has 0 atom stereocenters. The van der Waals surface area contributed by atoms with Crippen molar-refractivity contribution in [2.45, 2.75) is 0 Å². The molecule has 0 fully saturated rings. The fourth-order valence-corrected chi connectivity index (χ4v) is 1.09. The fraction of sp³-hybridized carbons (Fsp3) is 0. The Morgan fingerprint density at radius 3 is 2.64 bits per heavy atom. The van der Waals surface area contributed by atoms with E-state index in [1.165, 1.54) is 6.07 Å². The third-order valence-corrected chi connectivity index (χ3v) is 1.72. The number of rotatable bonds is 0. The smallest absolute Gasteiger partial charge is 0.179 e. The monoisotopic (exact) mass is 215 g/mol. The highest BCUT2D eigenvalue weighted by Crippen LogP contribution is 2.25. The molecule has 1 aromatic rings. The Morgan fingerprint density at radius 2 is 2.18 bits per heavy atom. The first-order valence-electron chi connectivity index (χ1n) is 2.73. The predicted octanol–water partition coefficient (Wildman–Crippen LogP) is 2.17. The first-order chi connectivity index (χ1) is 5.15. The summed E-state index contributed by atoms with van der Waals surface area (Å²) in [4.78, 5) is 0. The van der Waals surface area contributed by atoms with Crippen molar-refractivity contribution in [2.24, 2.45) is 0 Å². The van der Waals surface area contributed by atoms with Crippen molar-refractivity contribution in [3.63, 3.8) is 0 Å². The molecule has 0 unspecified atom stereocenters. The summed E-state index contributed by atoms with van der Waals surface area (Å²) < 4.78 is 12.7. The molecule has 0 aromatic heterocycles. The number of phenols is 1. The lowest BCUT2D eigenvalue weighted by Gasteiger charge is -1.97. The van der Waals surface area contributed by atoms with Gasteiger partial charge in [-0.3, -0.25) is 0 Å². The van der Waals surface area contributed by atoms with Gasteiger partial charge in [-0.15, -0.1) is 0 Å². The molecule has 0 radical (unpaired) electrons. The Bertz CT molecular complexity index is 309. The molecule has 0 heterocycles. The van der Waals surface area contributed by atoms with E-state index in [9.17, 15) is 4.39 Å². The molecular formula is C7H3BrFNO. The third kappa shape index (κ3) is 1.49. The fourth-order valence-electron chi connectivity index (χ4n) is 0.639. The van der Waals surface area contributed by atoms with Crippen LogP contribution in [0.4, 0.5) is 4.39 Å². The van der Waals surface area contributed by atoms with E-state index in [2.05, 4.69) is 15.9 Å². The average Bonchev–Trinajstić information content (AvgIpc) is 1.99. The number of nitriles is 1. The summed E-state index contributed by atoms with van der Waals surface area (Å²) in [5.74, 6) is -1.26. The van der Waals surface area contributed by atoms with Gasteiger partial charge in [0.1, 0.15) is 0 Å². The Labute approximate surface area is 71.0 Å². The second-order valence-electron chi connectivity index (χ2n) is 1.90. The van der Waals surface area contributed by atoms with E-state index in [0.29, 0.717) is 0 Å². The lowest BCUT2D eigenvalue weighted by molar-refractivity contribution is 0.430. The first kappa shape index (κ1) is 8.02. The van der Waals surface area contributed by atoms with E-state index in [1.54, 1.807) is 6.07 Å². The van der Waals surface area contributed by atoms with Crippen LogP contribution in [-0.2, 0) is 0 Å². The number of benzene rings is 1. The van der Waals surface area contributed by atoms with Gasteiger partial charge in [0, 0.05) is 6.07 Å². The topological polar surface area (TPSA) is 44.0 Å². The van der Waals surface area contributed by atoms with E-state index in [4.69, 9.17) is 10.4 Å². The molecule has 4 heteroatoms. The lowest BCUT2D eigenvalue weighted by atomic mass is 10.2. The zero-order valence-electron chi connectivity index (χ0n) is 5.31. The molecule has 11 heavy (non-hydrogen) atoms. The SMILES string of the molecule is N#Cc1cc(O)c(F)c(Br)c1. The molecule has 0 aliphatic heterocycles. The van der Waals surface area contributed by atoms with Crippen LogP contribution in [0.2, 0.25) is 0 Å². The van der Waals surface area contributed by atoms with Gasteiger partial charge in [0.2, 0.25) is 0 Å². The standard InChI is InChI=1S/C7H3BrFNO/c8-5-1-4(3-10)2-6(11)7(5)9/h1-2,11H. The van der Waals surface area contributed by atoms with Gasteiger partial charge < -0.3 is 5.11 Å². The van der Waals surface area contributed by atoms with Gasteiger partial charge in [-0.1, -0.05) is 0 Å². The molecule has 0 saturated carbocycles. The zero-order chi connectivity index (χ0) is 8.43. The predicted molar refractivity (Wildman–Crippen MR) is 40.5 cm³/mol. The molecule has 0 spiro atoms. The maximum atomic E-state index is 12.6. The molecule has 1 aromatic carbocycles. The summed E-state index contributed by atoms with van der Waals surface area (Å²) in [6, 6.07) is 4.15. The van der Waals surface area contributed by atoms with Crippen molar-refractivity contribution in [1.29, 1.82) is 5.26 Å². The largest absolute Gasteiger partial charge is 0.505 e. The Morgan fingerprint density at radius 1 is 1.55 bits per heavy atom. The number of aromatic hydroxyl groups is 1. The van der Waals surface area contributed by atoms with Gasteiger partial charge in [0.25, 0.3) is 0 Å². The van der Waals surface area contributed by atoms with Crippen molar-refractivity contribution >= 4 is 15.9 Å². The van der Waals surface area contributed by atoms with Crippen LogP contribution in [-0.4, -0.2) is 5.11 Å². The Kier molecular flexibility index (Phi) is 2.11. The summed E-state index contributed by atoms with van der Waals surface area (Å²) in [7, 11) is 0. The Balaban J connectivity index is 3.35. The highest BCUT2D eigenvalue weighted by atomic mass is 79.9. The van der Waals surface area contributed by atoms with E-state index in [0.717, 1.165) is 6.07 Å². The molecule has 1 N–H and O–H groups in total. The summed E-state index contributed by atoms with van der Waals surface area (Å²) in [6.45, 7) is 0. The lowest BCUT2D eigenvalue weighted by Crippen LogP contribution is -1.81. The normalized spacial score (nSPS) is 9.18. The summed E-state index contributed by atoms with van der Waals surface area (Å²) >= 11 is 2.85. The number of nitrogens with zero attached hydrogens (tertiary/aromatic N) is 1. The zero-order valence-corrected chi connectivity index (χ0v) is 6.89. The highest BCUT2D eigenvalue weighted by molar-refractivity contribution is 9.10. The van der Waals surface area contributed by atoms with Crippen molar-refractivity contribution < 1.29 is 9.50 Å². The molecule has 0 amide bonds. The number of halogens is 2. The maximum absolute atomic E-state index is 12.6. The quantitative estimate of drug-likeness (QED) is 0.722. The van der Waals surface area contributed by atoms with Crippen LogP contribution in [0, 0.1) is 17.1 Å². The van der Waals surface area contributed by atoms with E-state index < -0.39 is 11.6 Å². The van der Waals surface area contributed by atoms with Gasteiger partial charge in [-0.2, -0.15) is 5.26 Å². The number of phenolic OH excluding ortho intramolecular Hbond substituents is 1. The minimum atomic E-state index is -0.746. The van der Waals surface area contributed by atoms with E-state index in [1.807, 2.05) is 0 Å². The van der Waals surface area contributed by atoms with Crippen LogP contribution >= 0.6 is 15.9 Å². The summed E-state index contributed by atoms with van der Waals surface area (Å²) in [5.41, 5.74) is 0.218. The van der Waals surface area contributed by atoms with E-state index >= 15 is 0 Å². The van der Waals surface area contributed by atoms with Crippen LogP contribution in [0.5, 0.6) is 5.75 Å². The summed E-state index contributed by atoms with van der Waals surface area (Å²) in [5, 5.41) is 17.2. The van der Waals surface area contributed by atoms with E-state index in [-0.39, 0.29) is 10.0 Å². The number of hydrogen-bond acceptors (Lipinski definition) is 2. The molecular weight excluding hydrogens is 213 g/mol. The summed E-state index contributed by atoms with van der Waals surface area (Å²) in [6.07, 6.45) is 0. The molecule has 56 valence electrons. The van der Waals surface area contributed by atoms with Gasteiger partial charge in [-0.25, -0.2) is 4.39 Å². The highest BCUT2D eigenvalue weighted by Gasteiger charge is 2.06. The van der Waals surface area contributed by atoms with Crippen molar-refractivity contribution in [2.75, 3.05) is 0 Å². The molecule has 1 rings (SSSR count).